The van der Waals surface area contributed by atoms with Crippen molar-refractivity contribution in [2.75, 3.05) is 19.6 Å². The van der Waals surface area contributed by atoms with Crippen LogP contribution in [0.5, 0.6) is 0 Å². The molecule has 0 aromatic heterocycles. The van der Waals surface area contributed by atoms with Gasteiger partial charge in [-0.05, 0) is 57.7 Å². The van der Waals surface area contributed by atoms with Gasteiger partial charge in [0.1, 0.15) is 5.60 Å². The minimum atomic E-state index is -0.438. The second kappa shape index (κ2) is 8.41. The largest absolute Gasteiger partial charge is 0.444 e. The van der Waals surface area contributed by atoms with Crippen LogP contribution < -0.4 is 5.32 Å². The van der Waals surface area contributed by atoms with Crippen molar-refractivity contribution in [1.82, 2.24) is 10.2 Å². The van der Waals surface area contributed by atoms with Gasteiger partial charge < -0.3 is 15.0 Å². The van der Waals surface area contributed by atoms with Gasteiger partial charge in [0, 0.05) is 19.6 Å². The molecule has 1 unspecified atom stereocenters. The zero-order valence-electron chi connectivity index (χ0n) is 14.6. The van der Waals surface area contributed by atoms with E-state index in [1.165, 1.54) is 0 Å². The summed E-state index contributed by atoms with van der Waals surface area (Å²) in [5, 5.41) is 4.60. The molecule has 1 aromatic carbocycles. The molecule has 0 aliphatic carbocycles. The zero-order valence-corrected chi connectivity index (χ0v) is 16.1. The minimum absolute atomic E-state index is 0.205. The Bertz CT molecular complexity index is 573. The molecular weight excluding hydrogens is 347 g/mol. The first-order valence-corrected chi connectivity index (χ1v) is 9.13. The fourth-order valence-electron chi connectivity index (χ4n) is 2.77. The first kappa shape index (κ1) is 19.4. The molecule has 0 bridgehead atoms. The van der Waals surface area contributed by atoms with E-state index >= 15 is 0 Å². The van der Waals surface area contributed by atoms with Crippen molar-refractivity contribution in [1.29, 1.82) is 0 Å². The lowest BCUT2D eigenvalue weighted by Crippen LogP contribution is -2.35. The highest BCUT2D eigenvalue weighted by Gasteiger charge is 2.29. The molecule has 1 aliphatic rings. The summed E-state index contributed by atoms with van der Waals surface area (Å²) in [5.41, 5.74) is 0.568. The number of carbonyl (C=O) groups excluding carboxylic acids is 1. The molecular formula is C18H26Cl2N2O2. The van der Waals surface area contributed by atoms with Gasteiger partial charge in [0.05, 0.1) is 10.0 Å². The van der Waals surface area contributed by atoms with Crippen LogP contribution in [-0.2, 0) is 11.3 Å². The summed E-state index contributed by atoms with van der Waals surface area (Å²) in [6.07, 6.45) is 1.85. The Hall–Kier alpha value is -0.970. The molecule has 1 fully saturated rings. The smallest absolute Gasteiger partial charge is 0.410 e. The maximum absolute atomic E-state index is 12.1. The molecule has 0 saturated carbocycles. The van der Waals surface area contributed by atoms with Crippen LogP contribution in [-0.4, -0.2) is 36.2 Å². The topological polar surface area (TPSA) is 41.6 Å². The van der Waals surface area contributed by atoms with E-state index < -0.39 is 5.60 Å². The lowest BCUT2D eigenvalue weighted by Gasteiger charge is -2.24. The number of carbonyl (C=O) groups is 1. The van der Waals surface area contributed by atoms with Gasteiger partial charge in [-0.2, -0.15) is 0 Å². The van der Waals surface area contributed by atoms with Crippen molar-refractivity contribution in [2.45, 2.75) is 45.8 Å². The van der Waals surface area contributed by atoms with Crippen molar-refractivity contribution < 1.29 is 9.53 Å². The summed E-state index contributed by atoms with van der Waals surface area (Å²) in [7, 11) is 0. The van der Waals surface area contributed by atoms with Crippen LogP contribution in [0.3, 0.4) is 0 Å². The monoisotopic (exact) mass is 372 g/mol. The molecule has 24 heavy (non-hydrogen) atoms. The lowest BCUT2D eigenvalue weighted by molar-refractivity contribution is 0.0287. The van der Waals surface area contributed by atoms with Gasteiger partial charge in [-0.3, -0.25) is 0 Å². The second-order valence-corrected chi connectivity index (χ2v) is 8.04. The van der Waals surface area contributed by atoms with Crippen LogP contribution >= 0.6 is 23.2 Å². The predicted octanol–water partition coefficient (Wildman–Crippen LogP) is 4.73. The van der Waals surface area contributed by atoms with E-state index in [4.69, 9.17) is 27.9 Å². The number of likely N-dealkylation sites (tertiary alicyclic amines) is 1. The van der Waals surface area contributed by atoms with E-state index in [1.54, 1.807) is 6.07 Å². The second-order valence-electron chi connectivity index (χ2n) is 7.26. The number of halogens is 2. The Kier molecular flexibility index (Phi) is 6.79. The van der Waals surface area contributed by atoms with Crippen LogP contribution in [0.2, 0.25) is 10.0 Å². The van der Waals surface area contributed by atoms with Crippen LogP contribution in [0.15, 0.2) is 18.2 Å². The Morgan fingerprint density at radius 2 is 2.12 bits per heavy atom. The van der Waals surface area contributed by atoms with E-state index in [9.17, 15) is 4.79 Å². The number of nitrogens with one attached hydrogen (secondary N) is 1. The number of ether oxygens (including phenoxy) is 1. The maximum Gasteiger partial charge on any atom is 0.410 e. The van der Waals surface area contributed by atoms with Crippen LogP contribution in [0.4, 0.5) is 4.79 Å². The molecule has 134 valence electrons. The molecule has 1 aromatic rings. The summed E-state index contributed by atoms with van der Waals surface area (Å²) in [6.45, 7) is 8.81. The van der Waals surface area contributed by atoms with Crippen LogP contribution in [0, 0.1) is 5.92 Å². The average Bonchev–Trinajstić information content (AvgIpc) is 2.95. The first-order chi connectivity index (χ1) is 11.3. The fraction of sp³-hybridized carbons (Fsp3) is 0.611. The maximum atomic E-state index is 12.1. The van der Waals surface area contributed by atoms with Gasteiger partial charge in [-0.1, -0.05) is 35.3 Å². The molecule has 1 saturated heterocycles. The first-order valence-electron chi connectivity index (χ1n) is 8.38. The van der Waals surface area contributed by atoms with E-state index in [1.807, 2.05) is 37.8 Å². The number of benzene rings is 1. The fourth-order valence-corrected chi connectivity index (χ4v) is 3.16. The Morgan fingerprint density at radius 1 is 1.38 bits per heavy atom. The van der Waals surface area contributed by atoms with Gasteiger partial charge in [-0.15, -0.1) is 0 Å². The van der Waals surface area contributed by atoms with Crippen molar-refractivity contribution in [3.8, 4) is 0 Å². The summed E-state index contributed by atoms with van der Waals surface area (Å²) >= 11 is 12.2. The molecule has 1 atom stereocenters. The molecule has 1 heterocycles. The van der Waals surface area contributed by atoms with Gasteiger partial charge >= 0.3 is 6.09 Å². The molecule has 1 aliphatic heterocycles. The Balaban J connectivity index is 1.69. The third-order valence-electron chi connectivity index (χ3n) is 4.01. The van der Waals surface area contributed by atoms with Gasteiger partial charge in [0.2, 0.25) is 0 Å². The molecule has 2 rings (SSSR count). The van der Waals surface area contributed by atoms with Crippen molar-refractivity contribution in [3.05, 3.63) is 33.8 Å². The number of rotatable bonds is 5. The standard InChI is InChI=1S/C18H26Cl2N2O2/c1-18(2,3)24-17(23)22-10-8-13(12-22)7-9-21-11-14-5-4-6-15(19)16(14)20/h4-6,13,21H,7-12H2,1-3H3. The van der Waals surface area contributed by atoms with Crippen molar-refractivity contribution in [3.63, 3.8) is 0 Å². The molecule has 4 nitrogen and oxygen atoms in total. The Morgan fingerprint density at radius 3 is 2.83 bits per heavy atom. The van der Waals surface area contributed by atoms with E-state index in [2.05, 4.69) is 5.32 Å². The molecule has 0 spiro atoms. The van der Waals surface area contributed by atoms with Gasteiger partial charge in [0.15, 0.2) is 0 Å². The Labute approximate surface area is 154 Å². The number of nitrogens with zero attached hydrogens (tertiary/aromatic N) is 1. The minimum Gasteiger partial charge on any atom is -0.444 e. The summed E-state index contributed by atoms with van der Waals surface area (Å²) in [4.78, 5) is 13.9. The highest BCUT2D eigenvalue weighted by atomic mass is 35.5. The third-order valence-corrected chi connectivity index (χ3v) is 4.87. The van der Waals surface area contributed by atoms with Crippen molar-refractivity contribution in [2.24, 2.45) is 5.92 Å². The average molecular weight is 373 g/mol. The number of amides is 1. The number of hydrogen-bond donors (Lipinski definition) is 1. The molecule has 6 heteroatoms. The summed E-state index contributed by atoms with van der Waals surface area (Å²) < 4.78 is 5.42. The van der Waals surface area contributed by atoms with Gasteiger partial charge in [0.25, 0.3) is 0 Å². The number of hydrogen-bond acceptors (Lipinski definition) is 3. The van der Waals surface area contributed by atoms with Gasteiger partial charge in [-0.25, -0.2) is 4.79 Å². The van der Waals surface area contributed by atoms with Crippen molar-refractivity contribution >= 4 is 29.3 Å². The molecule has 1 N–H and O–H groups in total. The van der Waals surface area contributed by atoms with E-state index in [-0.39, 0.29) is 6.09 Å². The molecule has 0 radical (unpaired) electrons. The predicted molar refractivity (Wildman–Crippen MR) is 98.7 cm³/mol. The van der Waals surface area contributed by atoms with E-state index in [0.717, 1.165) is 38.0 Å². The lowest BCUT2D eigenvalue weighted by atomic mass is 10.1. The quantitative estimate of drug-likeness (QED) is 0.759. The zero-order chi connectivity index (χ0) is 17.7. The highest BCUT2D eigenvalue weighted by molar-refractivity contribution is 6.42. The summed E-state index contributed by atoms with van der Waals surface area (Å²) in [5.74, 6) is 0.514. The SMILES string of the molecule is CC(C)(C)OC(=O)N1CCC(CCNCc2cccc(Cl)c2Cl)C1. The van der Waals surface area contributed by atoms with Crippen LogP contribution in [0.25, 0.3) is 0 Å². The van der Waals surface area contributed by atoms with Crippen LogP contribution in [0.1, 0.15) is 39.2 Å². The highest BCUT2D eigenvalue weighted by Crippen LogP contribution is 2.25. The molecule has 1 amide bonds. The van der Waals surface area contributed by atoms with E-state index in [0.29, 0.717) is 22.5 Å². The normalized spacial score (nSPS) is 18.0. The third kappa shape index (κ3) is 5.83. The summed E-state index contributed by atoms with van der Waals surface area (Å²) in [6, 6.07) is 5.67.